The fraction of sp³-hybridized carbons (Fsp3) is 0.643. The van der Waals surface area contributed by atoms with Crippen molar-refractivity contribution in [2.75, 3.05) is 13.6 Å². The van der Waals surface area contributed by atoms with Gasteiger partial charge >= 0.3 is 0 Å². The van der Waals surface area contributed by atoms with Gasteiger partial charge in [0.15, 0.2) is 0 Å². The summed E-state index contributed by atoms with van der Waals surface area (Å²) in [6, 6.07) is 2.39. The highest BCUT2D eigenvalue weighted by atomic mass is 16.3. The molecule has 4 nitrogen and oxygen atoms in total. The lowest BCUT2D eigenvalue weighted by Gasteiger charge is -2.17. The smallest absolute Gasteiger partial charge is 0.222 e. The normalized spacial score (nSPS) is 10.9. The predicted octanol–water partition coefficient (Wildman–Crippen LogP) is 2.32. The first-order valence-corrected chi connectivity index (χ1v) is 6.51. The van der Waals surface area contributed by atoms with Gasteiger partial charge in [0.1, 0.15) is 5.76 Å². The number of nitrogens with zero attached hydrogens (tertiary/aromatic N) is 1. The van der Waals surface area contributed by atoms with Gasteiger partial charge in [-0.15, -0.1) is 0 Å². The van der Waals surface area contributed by atoms with Crippen LogP contribution in [0.15, 0.2) is 16.7 Å². The van der Waals surface area contributed by atoms with Gasteiger partial charge in [0.2, 0.25) is 5.91 Å². The summed E-state index contributed by atoms with van der Waals surface area (Å²) in [6.07, 6.45) is 3.13. The molecule has 0 aliphatic rings. The number of hydrogen-bond donors (Lipinski definition) is 1. The molecule has 0 unspecified atom stereocenters. The minimum Gasteiger partial charge on any atom is -0.469 e. The molecule has 0 saturated carbocycles. The van der Waals surface area contributed by atoms with Crippen LogP contribution in [-0.2, 0) is 11.3 Å². The maximum Gasteiger partial charge on any atom is 0.222 e. The highest BCUT2D eigenvalue weighted by Gasteiger charge is 2.11. The first-order chi connectivity index (χ1) is 8.50. The summed E-state index contributed by atoms with van der Waals surface area (Å²) in [6.45, 7) is 7.65. The van der Waals surface area contributed by atoms with Crippen molar-refractivity contribution < 1.29 is 9.21 Å². The van der Waals surface area contributed by atoms with Gasteiger partial charge in [0, 0.05) is 31.6 Å². The maximum atomic E-state index is 11.9. The lowest BCUT2D eigenvalue weighted by molar-refractivity contribution is -0.130. The number of hydrogen-bond acceptors (Lipinski definition) is 3. The van der Waals surface area contributed by atoms with E-state index in [1.165, 1.54) is 0 Å². The molecule has 0 atom stereocenters. The van der Waals surface area contributed by atoms with Gasteiger partial charge in [-0.3, -0.25) is 4.79 Å². The van der Waals surface area contributed by atoms with Crippen molar-refractivity contribution >= 4 is 5.91 Å². The van der Waals surface area contributed by atoms with Gasteiger partial charge in [0.25, 0.3) is 0 Å². The molecule has 0 fully saturated rings. The first-order valence-electron chi connectivity index (χ1n) is 6.51. The van der Waals surface area contributed by atoms with Crippen LogP contribution in [0.25, 0.3) is 0 Å². The molecule has 0 aliphatic carbocycles. The molecular weight excluding hydrogens is 228 g/mol. The molecule has 1 aromatic heterocycles. The molecule has 1 N–H and O–H groups in total. The predicted molar refractivity (Wildman–Crippen MR) is 72.3 cm³/mol. The summed E-state index contributed by atoms with van der Waals surface area (Å²) in [7, 11) is 1.84. The third kappa shape index (κ3) is 4.92. The number of carbonyl (C=O) groups excluding carboxylic acids is 1. The summed E-state index contributed by atoms with van der Waals surface area (Å²) < 4.78 is 5.22. The molecule has 0 aromatic carbocycles. The van der Waals surface area contributed by atoms with Gasteiger partial charge in [-0.25, -0.2) is 0 Å². The summed E-state index contributed by atoms with van der Waals surface area (Å²) >= 11 is 0. The molecule has 0 aliphatic heterocycles. The van der Waals surface area contributed by atoms with E-state index in [4.69, 9.17) is 4.42 Å². The molecule has 0 radical (unpaired) electrons. The van der Waals surface area contributed by atoms with Gasteiger partial charge in [-0.2, -0.15) is 0 Å². The van der Waals surface area contributed by atoms with Crippen LogP contribution < -0.4 is 5.32 Å². The second kappa shape index (κ2) is 7.21. The van der Waals surface area contributed by atoms with Crippen LogP contribution >= 0.6 is 0 Å². The monoisotopic (exact) mass is 252 g/mol. The maximum absolute atomic E-state index is 11.9. The summed E-state index contributed by atoms with van der Waals surface area (Å²) in [4.78, 5) is 13.6. The van der Waals surface area contributed by atoms with Gasteiger partial charge in [-0.1, -0.05) is 13.8 Å². The fourth-order valence-corrected chi connectivity index (χ4v) is 1.74. The average Bonchev–Trinajstić information content (AvgIpc) is 2.70. The minimum absolute atomic E-state index is 0.182. The van der Waals surface area contributed by atoms with Crippen molar-refractivity contribution in [2.45, 2.75) is 46.2 Å². The van der Waals surface area contributed by atoms with Crippen molar-refractivity contribution in [3.05, 3.63) is 23.7 Å². The molecule has 4 heteroatoms. The Kier molecular flexibility index (Phi) is 5.92. The molecule has 0 saturated heterocycles. The van der Waals surface area contributed by atoms with Crippen LogP contribution in [0, 0.1) is 6.92 Å². The van der Waals surface area contributed by atoms with Gasteiger partial charge in [0.05, 0.1) is 6.26 Å². The quantitative estimate of drug-likeness (QED) is 0.758. The van der Waals surface area contributed by atoms with Gasteiger partial charge in [-0.05, 0) is 26.0 Å². The third-order valence-electron chi connectivity index (χ3n) is 2.92. The number of carbonyl (C=O) groups is 1. The molecule has 1 rings (SSSR count). The zero-order valence-electron chi connectivity index (χ0n) is 11.8. The van der Waals surface area contributed by atoms with E-state index in [0.29, 0.717) is 19.0 Å². The lowest BCUT2D eigenvalue weighted by atomic mass is 10.2. The zero-order valence-corrected chi connectivity index (χ0v) is 11.8. The number of amides is 1. The second-order valence-electron chi connectivity index (χ2n) is 4.96. The topological polar surface area (TPSA) is 45.5 Å². The number of rotatable bonds is 7. The number of nitrogens with one attached hydrogen (secondary N) is 1. The Balaban J connectivity index is 2.27. The van der Waals surface area contributed by atoms with Crippen molar-refractivity contribution in [3.63, 3.8) is 0 Å². The van der Waals surface area contributed by atoms with E-state index in [1.54, 1.807) is 11.2 Å². The van der Waals surface area contributed by atoms with Crippen molar-refractivity contribution in [1.82, 2.24) is 10.2 Å². The second-order valence-corrected chi connectivity index (χ2v) is 4.96. The molecule has 1 heterocycles. The molecule has 18 heavy (non-hydrogen) atoms. The van der Waals surface area contributed by atoms with Crippen LogP contribution in [0.3, 0.4) is 0 Å². The summed E-state index contributed by atoms with van der Waals surface area (Å²) in [5.41, 5.74) is 1.08. The summed E-state index contributed by atoms with van der Waals surface area (Å²) in [5.74, 6) is 1.07. The SMILES string of the molecule is Cc1occc1CN(C)C(=O)CCCNC(C)C. The van der Waals surface area contributed by atoms with E-state index < -0.39 is 0 Å². The van der Waals surface area contributed by atoms with Crippen LogP contribution in [-0.4, -0.2) is 30.4 Å². The Bertz CT molecular complexity index is 372. The van der Waals surface area contributed by atoms with Crippen LogP contribution in [0.2, 0.25) is 0 Å². The molecule has 102 valence electrons. The van der Waals surface area contributed by atoms with Crippen LogP contribution in [0.4, 0.5) is 0 Å². The fourth-order valence-electron chi connectivity index (χ4n) is 1.74. The van der Waals surface area contributed by atoms with E-state index >= 15 is 0 Å². The summed E-state index contributed by atoms with van der Waals surface area (Å²) in [5, 5.41) is 3.31. The van der Waals surface area contributed by atoms with Crippen LogP contribution in [0.5, 0.6) is 0 Å². The van der Waals surface area contributed by atoms with Crippen molar-refractivity contribution in [1.29, 1.82) is 0 Å². The van der Waals surface area contributed by atoms with Crippen molar-refractivity contribution in [2.24, 2.45) is 0 Å². The Morgan fingerprint density at radius 1 is 1.50 bits per heavy atom. The van der Waals surface area contributed by atoms with Gasteiger partial charge < -0.3 is 14.6 Å². The molecular formula is C14H24N2O2. The number of furan rings is 1. The first kappa shape index (κ1) is 14.8. The lowest BCUT2D eigenvalue weighted by Crippen LogP contribution is -2.28. The highest BCUT2D eigenvalue weighted by Crippen LogP contribution is 2.11. The Labute approximate surface area is 109 Å². The highest BCUT2D eigenvalue weighted by molar-refractivity contribution is 5.75. The van der Waals surface area contributed by atoms with E-state index in [0.717, 1.165) is 24.3 Å². The van der Waals surface area contributed by atoms with Crippen molar-refractivity contribution in [3.8, 4) is 0 Å². The number of aryl methyl sites for hydroxylation is 1. The van der Waals surface area contributed by atoms with E-state index in [-0.39, 0.29) is 5.91 Å². The van der Waals surface area contributed by atoms with E-state index in [2.05, 4.69) is 19.2 Å². The Hall–Kier alpha value is -1.29. The third-order valence-corrected chi connectivity index (χ3v) is 2.92. The minimum atomic E-state index is 0.182. The Morgan fingerprint density at radius 3 is 2.78 bits per heavy atom. The molecule has 0 bridgehead atoms. The largest absolute Gasteiger partial charge is 0.469 e. The Morgan fingerprint density at radius 2 is 2.22 bits per heavy atom. The van der Waals surface area contributed by atoms with E-state index in [1.807, 2.05) is 20.0 Å². The molecule has 1 aromatic rings. The van der Waals surface area contributed by atoms with Crippen LogP contribution in [0.1, 0.15) is 38.0 Å². The molecule has 1 amide bonds. The average molecular weight is 252 g/mol. The molecule has 0 spiro atoms. The van der Waals surface area contributed by atoms with E-state index in [9.17, 15) is 4.79 Å². The zero-order chi connectivity index (χ0) is 13.5. The standard InChI is InChI=1S/C14H24N2O2/c1-11(2)15-8-5-6-14(17)16(4)10-13-7-9-18-12(13)3/h7,9,11,15H,5-6,8,10H2,1-4H3.